The molecule has 0 spiro atoms. The van der Waals surface area contributed by atoms with Crippen molar-refractivity contribution in [1.82, 2.24) is 5.32 Å². The molecule has 0 aromatic carbocycles. The number of nitrogens with one attached hydrogen (secondary N) is 1. The van der Waals surface area contributed by atoms with Crippen molar-refractivity contribution in [2.75, 3.05) is 13.1 Å². The van der Waals surface area contributed by atoms with Crippen molar-refractivity contribution in [3.05, 3.63) is 22.4 Å². The Morgan fingerprint density at radius 1 is 1.52 bits per heavy atom. The largest absolute Gasteiger partial charge is 0.370 e. The van der Waals surface area contributed by atoms with Crippen molar-refractivity contribution in [2.24, 2.45) is 16.6 Å². The van der Waals surface area contributed by atoms with Crippen LogP contribution in [0.1, 0.15) is 30.6 Å². The Morgan fingerprint density at radius 3 is 3.00 bits per heavy atom. The molecule has 120 valence electrons. The summed E-state index contributed by atoms with van der Waals surface area (Å²) >= 11 is 1.71. The molecule has 1 fully saturated rings. The molecule has 0 radical (unpaired) electrons. The van der Waals surface area contributed by atoms with E-state index in [0.717, 1.165) is 19.4 Å². The van der Waals surface area contributed by atoms with Gasteiger partial charge in [0, 0.05) is 30.8 Å². The van der Waals surface area contributed by atoms with E-state index in [1.54, 1.807) is 11.3 Å². The topological polar surface area (TPSA) is 50.4 Å². The maximum absolute atomic E-state index is 13.2. The number of hydrogen-bond acceptors (Lipinski definition) is 2. The van der Waals surface area contributed by atoms with Crippen LogP contribution < -0.4 is 11.1 Å². The van der Waals surface area contributed by atoms with Crippen molar-refractivity contribution in [2.45, 2.75) is 38.0 Å². The van der Waals surface area contributed by atoms with Crippen LogP contribution in [-0.4, -0.2) is 25.0 Å². The molecule has 0 amide bonds. The summed E-state index contributed by atoms with van der Waals surface area (Å²) in [5, 5.41) is 5.07. The first-order valence-corrected chi connectivity index (χ1v) is 7.87. The van der Waals surface area contributed by atoms with Crippen molar-refractivity contribution in [1.29, 1.82) is 0 Å². The molecule has 1 aliphatic rings. The smallest absolute Gasteiger partial charge is 0.248 e. The molecule has 1 heterocycles. The highest BCUT2D eigenvalue weighted by Crippen LogP contribution is 2.36. The van der Waals surface area contributed by atoms with Crippen LogP contribution in [0.15, 0.2) is 22.5 Å². The van der Waals surface area contributed by atoms with E-state index in [0.29, 0.717) is 18.9 Å². The number of guanidine groups is 1. The van der Waals surface area contributed by atoms with E-state index >= 15 is 0 Å². The first-order chi connectivity index (χ1) is 9.55. The van der Waals surface area contributed by atoms with Crippen molar-refractivity contribution in [3.63, 3.8) is 0 Å². The van der Waals surface area contributed by atoms with Gasteiger partial charge in [0.15, 0.2) is 5.96 Å². The number of aliphatic imine (C=N–C) groups is 1. The lowest BCUT2D eigenvalue weighted by Gasteiger charge is -2.27. The fraction of sp³-hybridized carbons (Fsp3) is 0.643. The molecule has 7 heteroatoms. The first-order valence-electron chi connectivity index (χ1n) is 6.99. The Bertz CT molecular complexity index is 437. The third kappa shape index (κ3) is 6.90. The molecule has 21 heavy (non-hydrogen) atoms. The zero-order valence-electron chi connectivity index (χ0n) is 11.9. The Labute approximate surface area is 145 Å². The highest BCUT2D eigenvalue weighted by molar-refractivity contribution is 14.0. The van der Waals surface area contributed by atoms with Gasteiger partial charge in [0.25, 0.3) is 0 Å². The van der Waals surface area contributed by atoms with E-state index in [-0.39, 0.29) is 42.7 Å². The number of hydrogen-bond donors (Lipinski definition) is 2. The van der Waals surface area contributed by atoms with Crippen LogP contribution in [0.2, 0.25) is 0 Å². The SMILES string of the molecule is I.NC(=NCC1CCCC(F)(F)C1)NCCc1cccs1. The van der Waals surface area contributed by atoms with Gasteiger partial charge in [0.05, 0.1) is 0 Å². The maximum atomic E-state index is 13.2. The molecule has 1 atom stereocenters. The standard InChI is InChI=1S/C14H21F2N3S.HI/c15-14(16)6-1-3-11(9-14)10-19-13(17)18-7-5-12-4-2-8-20-12;/h2,4,8,11H,1,3,5-7,9-10H2,(H3,17,18,19);1H. The quantitative estimate of drug-likeness (QED) is 0.427. The minimum Gasteiger partial charge on any atom is -0.370 e. The van der Waals surface area contributed by atoms with E-state index in [9.17, 15) is 8.78 Å². The second kappa shape index (κ2) is 8.87. The summed E-state index contributed by atoms with van der Waals surface area (Å²) < 4.78 is 26.5. The molecule has 1 aliphatic carbocycles. The van der Waals surface area contributed by atoms with Gasteiger partial charge in [-0.25, -0.2) is 8.78 Å². The number of thiophene rings is 1. The predicted octanol–water partition coefficient (Wildman–Crippen LogP) is 3.64. The third-order valence-electron chi connectivity index (χ3n) is 3.52. The molecule has 1 aromatic heterocycles. The van der Waals surface area contributed by atoms with Crippen LogP contribution in [0, 0.1) is 5.92 Å². The summed E-state index contributed by atoms with van der Waals surface area (Å²) in [4.78, 5) is 5.47. The van der Waals surface area contributed by atoms with Crippen LogP contribution in [0.25, 0.3) is 0 Å². The summed E-state index contributed by atoms with van der Waals surface area (Å²) in [7, 11) is 0. The van der Waals surface area contributed by atoms with E-state index < -0.39 is 5.92 Å². The lowest BCUT2D eigenvalue weighted by atomic mass is 9.87. The number of alkyl halides is 2. The van der Waals surface area contributed by atoms with Crippen LogP contribution in [-0.2, 0) is 6.42 Å². The molecule has 3 N–H and O–H groups in total. The number of nitrogens with two attached hydrogens (primary N) is 1. The number of nitrogens with zero attached hydrogens (tertiary/aromatic N) is 1. The second-order valence-corrected chi connectivity index (χ2v) is 6.33. The molecule has 1 saturated carbocycles. The van der Waals surface area contributed by atoms with Crippen molar-refractivity contribution < 1.29 is 8.78 Å². The highest BCUT2D eigenvalue weighted by atomic mass is 127. The van der Waals surface area contributed by atoms with Gasteiger partial charge in [0.1, 0.15) is 0 Å². The van der Waals surface area contributed by atoms with Gasteiger partial charge in [-0.2, -0.15) is 0 Å². The van der Waals surface area contributed by atoms with Gasteiger partial charge in [-0.3, -0.25) is 4.99 Å². The molecule has 1 unspecified atom stereocenters. The van der Waals surface area contributed by atoms with Gasteiger partial charge in [0.2, 0.25) is 5.92 Å². The predicted molar refractivity (Wildman–Crippen MR) is 94.8 cm³/mol. The van der Waals surface area contributed by atoms with Gasteiger partial charge < -0.3 is 11.1 Å². The summed E-state index contributed by atoms with van der Waals surface area (Å²) in [6.07, 6.45) is 2.26. The van der Waals surface area contributed by atoms with Gasteiger partial charge in [-0.15, -0.1) is 35.3 Å². The lowest BCUT2D eigenvalue weighted by Crippen LogP contribution is -2.34. The lowest BCUT2D eigenvalue weighted by molar-refractivity contribution is -0.0508. The van der Waals surface area contributed by atoms with E-state index in [4.69, 9.17) is 5.73 Å². The van der Waals surface area contributed by atoms with E-state index in [1.165, 1.54) is 4.88 Å². The zero-order valence-corrected chi connectivity index (χ0v) is 15.0. The summed E-state index contributed by atoms with van der Waals surface area (Å²) in [5.41, 5.74) is 5.75. The van der Waals surface area contributed by atoms with Crippen LogP contribution in [0.5, 0.6) is 0 Å². The fourth-order valence-corrected chi connectivity index (χ4v) is 3.19. The number of rotatable bonds is 5. The first kappa shape index (κ1) is 18.6. The molecular formula is C14H22F2IN3S. The van der Waals surface area contributed by atoms with Gasteiger partial charge in [-0.1, -0.05) is 6.07 Å². The number of halogens is 3. The van der Waals surface area contributed by atoms with E-state index in [2.05, 4.69) is 16.4 Å². The minimum absolute atomic E-state index is 0. The average molecular weight is 429 g/mol. The molecule has 1 aromatic rings. The van der Waals surface area contributed by atoms with Gasteiger partial charge in [-0.05, 0) is 36.6 Å². The summed E-state index contributed by atoms with van der Waals surface area (Å²) in [5.74, 6) is -2.20. The molecule has 3 nitrogen and oxygen atoms in total. The Kier molecular flexibility index (Phi) is 7.86. The molecule has 2 rings (SSSR count). The molecular weight excluding hydrogens is 407 g/mol. The van der Waals surface area contributed by atoms with Crippen molar-refractivity contribution >= 4 is 41.3 Å². The second-order valence-electron chi connectivity index (χ2n) is 5.30. The molecule has 0 bridgehead atoms. The van der Waals surface area contributed by atoms with Crippen molar-refractivity contribution in [3.8, 4) is 0 Å². The highest BCUT2D eigenvalue weighted by Gasteiger charge is 2.35. The molecule has 0 saturated heterocycles. The Hall–Kier alpha value is -0.440. The Morgan fingerprint density at radius 2 is 2.33 bits per heavy atom. The summed E-state index contributed by atoms with van der Waals surface area (Å²) in [6, 6.07) is 4.09. The molecule has 0 aliphatic heterocycles. The van der Waals surface area contributed by atoms with E-state index in [1.807, 2.05) is 11.4 Å². The van der Waals surface area contributed by atoms with Gasteiger partial charge >= 0.3 is 0 Å². The third-order valence-corrected chi connectivity index (χ3v) is 4.46. The maximum Gasteiger partial charge on any atom is 0.248 e. The fourth-order valence-electron chi connectivity index (χ4n) is 2.48. The minimum atomic E-state index is -2.51. The van der Waals surface area contributed by atoms with Crippen LogP contribution >= 0.6 is 35.3 Å². The Balaban J connectivity index is 0.00000220. The monoisotopic (exact) mass is 429 g/mol. The summed E-state index contributed by atoms with van der Waals surface area (Å²) in [6.45, 7) is 1.12. The van der Waals surface area contributed by atoms with Crippen LogP contribution in [0.4, 0.5) is 8.78 Å². The average Bonchev–Trinajstić information content (AvgIpc) is 2.88. The normalized spacial score (nSPS) is 21.6. The van der Waals surface area contributed by atoms with Crippen LogP contribution in [0.3, 0.4) is 0 Å². The zero-order chi connectivity index (χ0) is 14.4.